The zero-order valence-electron chi connectivity index (χ0n) is 12.5. The normalized spacial score (nSPS) is 16.3. The lowest BCUT2D eigenvalue weighted by molar-refractivity contribution is -0.127. The summed E-state index contributed by atoms with van der Waals surface area (Å²) in [6, 6.07) is 14.1. The lowest BCUT2D eigenvalue weighted by atomic mass is 10.2. The minimum absolute atomic E-state index is 0.0516. The van der Waals surface area contributed by atoms with Crippen LogP contribution in [0.3, 0.4) is 0 Å². The van der Waals surface area contributed by atoms with Gasteiger partial charge in [0.05, 0.1) is 6.26 Å². The second kappa shape index (κ2) is 7.09. The van der Waals surface area contributed by atoms with Gasteiger partial charge >= 0.3 is 0 Å². The van der Waals surface area contributed by atoms with Crippen LogP contribution >= 0.6 is 0 Å². The quantitative estimate of drug-likeness (QED) is 0.814. The highest BCUT2D eigenvalue weighted by Gasteiger charge is 2.19. The maximum atomic E-state index is 12.1. The van der Waals surface area contributed by atoms with Crippen molar-refractivity contribution in [2.24, 2.45) is 0 Å². The minimum atomic E-state index is 0.0516. The number of piperazine rings is 1. The highest BCUT2D eigenvalue weighted by Crippen LogP contribution is 2.09. The Labute approximate surface area is 130 Å². The van der Waals surface area contributed by atoms with Crippen molar-refractivity contribution in [3.05, 3.63) is 66.1 Å². The Morgan fingerprint density at radius 2 is 1.82 bits per heavy atom. The van der Waals surface area contributed by atoms with Crippen molar-refractivity contribution in [1.29, 1.82) is 0 Å². The molecular formula is C18H20N2O2. The number of carbonyl (C=O) groups excluding carboxylic acids is 1. The maximum absolute atomic E-state index is 12.1. The summed E-state index contributed by atoms with van der Waals surface area (Å²) in [6.45, 7) is 4.32. The van der Waals surface area contributed by atoms with E-state index in [0.717, 1.165) is 32.7 Å². The molecule has 1 aliphatic rings. The molecule has 1 aromatic carbocycles. The molecule has 22 heavy (non-hydrogen) atoms. The molecule has 0 aliphatic carbocycles. The molecule has 3 rings (SSSR count). The van der Waals surface area contributed by atoms with E-state index in [0.29, 0.717) is 5.76 Å². The van der Waals surface area contributed by atoms with Crippen LogP contribution in [-0.2, 0) is 11.3 Å². The van der Waals surface area contributed by atoms with E-state index in [1.165, 1.54) is 5.56 Å². The monoisotopic (exact) mass is 296 g/mol. The molecular weight excluding hydrogens is 276 g/mol. The second-order valence-corrected chi connectivity index (χ2v) is 5.44. The molecule has 0 saturated carbocycles. The van der Waals surface area contributed by atoms with Crippen molar-refractivity contribution in [3.8, 4) is 0 Å². The van der Waals surface area contributed by atoms with Gasteiger partial charge in [0, 0.05) is 38.8 Å². The van der Waals surface area contributed by atoms with Crippen LogP contribution in [0.15, 0.2) is 59.2 Å². The minimum Gasteiger partial charge on any atom is -0.465 e. The molecule has 1 amide bonds. The van der Waals surface area contributed by atoms with Gasteiger partial charge in [-0.25, -0.2) is 0 Å². The molecule has 0 spiro atoms. The molecule has 1 aromatic heterocycles. The molecule has 114 valence electrons. The number of hydrogen-bond acceptors (Lipinski definition) is 3. The molecule has 1 saturated heterocycles. The van der Waals surface area contributed by atoms with Gasteiger partial charge in [0.25, 0.3) is 0 Å². The van der Waals surface area contributed by atoms with Crippen molar-refractivity contribution >= 4 is 12.0 Å². The standard InChI is InChI=1S/C18H20N2O2/c21-18(9-8-17-7-4-14-22-17)20-12-10-19(11-13-20)15-16-5-2-1-3-6-16/h1-9,14H,10-13,15H2/b9-8+. The lowest BCUT2D eigenvalue weighted by Crippen LogP contribution is -2.47. The van der Waals surface area contributed by atoms with Gasteiger partial charge in [-0.05, 0) is 23.8 Å². The Bertz CT molecular complexity index is 612. The summed E-state index contributed by atoms with van der Waals surface area (Å²) in [5.41, 5.74) is 1.32. The van der Waals surface area contributed by atoms with Crippen LogP contribution in [0.2, 0.25) is 0 Å². The molecule has 0 N–H and O–H groups in total. The van der Waals surface area contributed by atoms with Crippen molar-refractivity contribution in [3.63, 3.8) is 0 Å². The first-order chi connectivity index (χ1) is 10.8. The number of rotatable bonds is 4. The number of benzene rings is 1. The van der Waals surface area contributed by atoms with Crippen molar-refractivity contribution in [2.45, 2.75) is 6.54 Å². The van der Waals surface area contributed by atoms with E-state index in [1.54, 1.807) is 18.4 Å². The highest BCUT2D eigenvalue weighted by atomic mass is 16.3. The Kier molecular flexibility index (Phi) is 4.71. The second-order valence-electron chi connectivity index (χ2n) is 5.44. The van der Waals surface area contributed by atoms with E-state index in [2.05, 4.69) is 29.2 Å². The third-order valence-electron chi connectivity index (χ3n) is 3.87. The van der Waals surface area contributed by atoms with Crippen LogP contribution in [-0.4, -0.2) is 41.9 Å². The van der Waals surface area contributed by atoms with E-state index in [4.69, 9.17) is 4.42 Å². The maximum Gasteiger partial charge on any atom is 0.246 e. The lowest BCUT2D eigenvalue weighted by Gasteiger charge is -2.34. The Morgan fingerprint density at radius 3 is 2.50 bits per heavy atom. The Balaban J connectivity index is 1.48. The SMILES string of the molecule is O=C(/C=C/c1ccco1)N1CCN(Cc2ccccc2)CC1. The number of carbonyl (C=O) groups is 1. The zero-order chi connectivity index (χ0) is 15.2. The number of amides is 1. The molecule has 2 heterocycles. The third kappa shape index (κ3) is 3.86. The summed E-state index contributed by atoms with van der Waals surface area (Å²) in [5, 5.41) is 0. The van der Waals surface area contributed by atoms with Crippen molar-refractivity contribution in [2.75, 3.05) is 26.2 Å². The van der Waals surface area contributed by atoms with Gasteiger partial charge in [0.2, 0.25) is 5.91 Å². The van der Waals surface area contributed by atoms with Crippen LogP contribution < -0.4 is 0 Å². The van der Waals surface area contributed by atoms with Crippen LogP contribution in [0.5, 0.6) is 0 Å². The van der Waals surface area contributed by atoms with E-state index < -0.39 is 0 Å². The predicted octanol–water partition coefficient (Wildman–Crippen LogP) is 2.64. The van der Waals surface area contributed by atoms with E-state index >= 15 is 0 Å². The van der Waals surface area contributed by atoms with Crippen molar-refractivity contribution < 1.29 is 9.21 Å². The van der Waals surface area contributed by atoms with Gasteiger partial charge in [0.1, 0.15) is 5.76 Å². The summed E-state index contributed by atoms with van der Waals surface area (Å²) in [6.07, 6.45) is 4.91. The fourth-order valence-corrected chi connectivity index (χ4v) is 2.61. The molecule has 4 nitrogen and oxygen atoms in total. The topological polar surface area (TPSA) is 36.7 Å². The third-order valence-corrected chi connectivity index (χ3v) is 3.87. The molecule has 4 heteroatoms. The first kappa shape index (κ1) is 14.6. The molecule has 2 aromatic rings. The average Bonchev–Trinajstić information content (AvgIpc) is 3.08. The smallest absolute Gasteiger partial charge is 0.246 e. The number of hydrogen-bond donors (Lipinski definition) is 0. The molecule has 0 bridgehead atoms. The summed E-state index contributed by atoms with van der Waals surface area (Å²) in [7, 11) is 0. The first-order valence-electron chi connectivity index (χ1n) is 7.58. The van der Waals surface area contributed by atoms with E-state index in [9.17, 15) is 4.79 Å². The van der Waals surface area contributed by atoms with Gasteiger partial charge in [-0.1, -0.05) is 30.3 Å². The highest BCUT2D eigenvalue weighted by molar-refractivity contribution is 5.91. The fraction of sp³-hybridized carbons (Fsp3) is 0.278. The zero-order valence-corrected chi connectivity index (χ0v) is 12.5. The van der Waals surface area contributed by atoms with Crippen LogP contribution in [0.4, 0.5) is 0 Å². The van der Waals surface area contributed by atoms with E-state index in [1.807, 2.05) is 23.1 Å². The number of furan rings is 1. The largest absolute Gasteiger partial charge is 0.465 e. The predicted molar refractivity (Wildman–Crippen MR) is 86.0 cm³/mol. The van der Waals surface area contributed by atoms with Crippen LogP contribution in [0.1, 0.15) is 11.3 Å². The van der Waals surface area contributed by atoms with Gasteiger partial charge in [-0.15, -0.1) is 0 Å². The molecule has 0 unspecified atom stereocenters. The van der Waals surface area contributed by atoms with E-state index in [-0.39, 0.29) is 5.91 Å². The summed E-state index contributed by atoms with van der Waals surface area (Å²) in [5.74, 6) is 0.756. The Hall–Kier alpha value is -2.33. The molecule has 1 fully saturated rings. The van der Waals surface area contributed by atoms with Crippen LogP contribution in [0.25, 0.3) is 6.08 Å². The average molecular weight is 296 g/mol. The summed E-state index contributed by atoms with van der Waals surface area (Å²) >= 11 is 0. The number of nitrogens with zero attached hydrogens (tertiary/aromatic N) is 2. The fourth-order valence-electron chi connectivity index (χ4n) is 2.61. The first-order valence-corrected chi connectivity index (χ1v) is 7.58. The summed E-state index contributed by atoms with van der Waals surface area (Å²) < 4.78 is 5.19. The van der Waals surface area contributed by atoms with Crippen LogP contribution in [0, 0.1) is 0 Å². The molecule has 0 radical (unpaired) electrons. The van der Waals surface area contributed by atoms with Gasteiger partial charge in [-0.2, -0.15) is 0 Å². The molecule has 1 aliphatic heterocycles. The summed E-state index contributed by atoms with van der Waals surface area (Å²) in [4.78, 5) is 16.4. The molecule has 0 atom stereocenters. The van der Waals surface area contributed by atoms with Crippen molar-refractivity contribution in [1.82, 2.24) is 9.80 Å². The van der Waals surface area contributed by atoms with Gasteiger partial charge in [-0.3, -0.25) is 9.69 Å². The Morgan fingerprint density at radius 1 is 1.05 bits per heavy atom. The van der Waals surface area contributed by atoms with Gasteiger partial charge < -0.3 is 9.32 Å². The van der Waals surface area contributed by atoms with Gasteiger partial charge in [0.15, 0.2) is 0 Å².